The normalized spacial score (nSPS) is 25.5. The summed E-state index contributed by atoms with van der Waals surface area (Å²) in [6.07, 6.45) is 5.63. The molecule has 0 saturated carbocycles. The van der Waals surface area contributed by atoms with Gasteiger partial charge in [-0.15, -0.1) is 0 Å². The number of allylic oxidation sites excluding steroid dienone is 2. The van der Waals surface area contributed by atoms with Crippen molar-refractivity contribution in [1.82, 2.24) is 0 Å². The molecule has 1 nitrogen and oxygen atoms in total. The van der Waals surface area contributed by atoms with Crippen LogP contribution in [0.4, 0.5) is 5.69 Å². The molecule has 1 N–H and O–H groups in total. The van der Waals surface area contributed by atoms with Gasteiger partial charge < -0.3 is 5.32 Å². The van der Waals surface area contributed by atoms with E-state index in [2.05, 4.69) is 42.6 Å². The molecule has 1 aliphatic carbocycles. The molecule has 0 amide bonds. The van der Waals surface area contributed by atoms with Crippen LogP contribution in [0.15, 0.2) is 48.6 Å². The molecule has 1 heterocycles. The number of aryl methyl sites for hydroxylation is 1. The van der Waals surface area contributed by atoms with Gasteiger partial charge in [-0.25, -0.2) is 0 Å². The first-order chi connectivity index (χ1) is 10.7. The fraction of sp³-hybridized carbons (Fsp3) is 0.263. The molecular formula is C19H17Cl2N. The van der Waals surface area contributed by atoms with Crippen LogP contribution in [0, 0.1) is 12.8 Å². The van der Waals surface area contributed by atoms with Gasteiger partial charge in [-0.2, -0.15) is 0 Å². The highest BCUT2D eigenvalue weighted by molar-refractivity contribution is 6.32. The summed E-state index contributed by atoms with van der Waals surface area (Å²) in [5, 5.41) is 5.41. The van der Waals surface area contributed by atoms with Crippen molar-refractivity contribution in [3.8, 4) is 0 Å². The van der Waals surface area contributed by atoms with E-state index >= 15 is 0 Å². The maximum Gasteiger partial charge on any atom is 0.0568 e. The van der Waals surface area contributed by atoms with E-state index in [1.54, 1.807) is 0 Å². The summed E-state index contributed by atoms with van der Waals surface area (Å²) in [5.74, 6) is 0.830. The lowest BCUT2D eigenvalue weighted by Gasteiger charge is -2.39. The molecule has 0 spiro atoms. The predicted molar refractivity (Wildman–Crippen MR) is 94.0 cm³/mol. The fourth-order valence-corrected chi connectivity index (χ4v) is 4.38. The minimum atomic E-state index is 0.221. The lowest BCUT2D eigenvalue weighted by Crippen LogP contribution is -2.30. The van der Waals surface area contributed by atoms with Crippen molar-refractivity contribution in [2.75, 3.05) is 5.32 Å². The van der Waals surface area contributed by atoms with E-state index in [-0.39, 0.29) is 6.04 Å². The Kier molecular flexibility index (Phi) is 3.43. The zero-order chi connectivity index (χ0) is 15.3. The maximum absolute atomic E-state index is 6.51. The Morgan fingerprint density at radius 3 is 2.68 bits per heavy atom. The third-order valence-electron chi connectivity index (χ3n) is 4.92. The van der Waals surface area contributed by atoms with E-state index in [1.165, 1.54) is 22.4 Å². The van der Waals surface area contributed by atoms with E-state index in [0.29, 0.717) is 11.8 Å². The van der Waals surface area contributed by atoms with Crippen molar-refractivity contribution >= 4 is 28.9 Å². The Labute approximate surface area is 140 Å². The topological polar surface area (TPSA) is 12.0 Å². The first kappa shape index (κ1) is 14.2. The molecule has 3 heteroatoms. The minimum absolute atomic E-state index is 0.221. The summed E-state index contributed by atoms with van der Waals surface area (Å²) in [5.41, 5.74) is 4.82. The highest BCUT2D eigenvalue weighted by Crippen LogP contribution is 2.53. The van der Waals surface area contributed by atoms with Gasteiger partial charge in [0.05, 0.1) is 6.04 Å². The molecule has 0 bridgehead atoms. The molecule has 3 atom stereocenters. The number of hydrogen-bond acceptors (Lipinski definition) is 1. The highest BCUT2D eigenvalue weighted by Gasteiger charge is 2.40. The van der Waals surface area contributed by atoms with Crippen molar-refractivity contribution < 1.29 is 0 Å². The first-order valence-corrected chi connectivity index (χ1v) is 8.39. The second kappa shape index (κ2) is 5.33. The Hall–Kier alpha value is -1.44. The summed E-state index contributed by atoms with van der Waals surface area (Å²) < 4.78 is 0. The number of nitrogens with one attached hydrogen (secondary N) is 1. The van der Waals surface area contributed by atoms with Crippen LogP contribution < -0.4 is 5.32 Å². The van der Waals surface area contributed by atoms with Crippen molar-refractivity contribution in [2.24, 2.45) is 5.92 Å². The van der Waals surface area contributed by atoms with Crippen LogP contribution in [-0.2, 0) is 0 Å². The van der Waals surface area contributed by atoms with Gasteiger partial charge in [0, 0.05) is 27.2 Å². The third-order valence-corrected chi connectivity index (χ3v) is 5.59. The van der Waals surface area contributed by atoms with Crippen molar-refractivity contribution in [3.63, 3.8) is 0 Å². The van der Waals surface area contributed by atoms with Gasteiger partial charge >= 0.3 is 0 Å². The molecule has 0 saturated heterocycles. The number of rotatable bonds is 1. The van der Waals surface area contributed by atoms with Gasteiger partial charge in [-0.3, -0.25) is 0 Å². The van der Waals surface area contributed by atoms with Crippen molar-refractivity contribution in [3.05, 3.63) is 75.3 Å². The average Bonchev–Trinajstić information content (AvgIpc) is 3.00. The zero-order valence-electron chi connectivity index (χ0n) is 12.3. The highest BCUT2D eigenvalue weighted by atomic mass is 35.5. The van der Waals surface area contributed by atoms with Crippen molar-refractivity contribution in [1.29, 1.82) is 0 Å². The Morgan fingerprint density at radius 2 is 1.86 bits per heavy atom. The molecule has 2 aliphatic rings. The summed E-state index contributed by atoms with van der Waals surface area (Å²) in [6.45, 7) is 2.13. The van der Waals surface area contributed by atoms with Crippen LogP contribution in [-0.4, -0.2) is 0 Å². The van der Waals surface area contributed by atoms with E-state index in [0.717, 1.165) is 16.5 Å². The van der Waals surface area contributed by atoms with Crippen LogP contribution >= 0.6 is 23.2 Å². The maximum atomic E-state index is 6.51. The second-order valence-electron chi connectivity index (χ2n) is 6.15. The number of halogens is 2. The number of fused-ring (bicyclic) bond motifs is 3. The van der Waals surface area contributed by atoms with Gasteiger partial charge in [0.25, 0.3) is 0 Å². The Morgan fingerprint density at radius 1 is 1.05 bits per heavy atom. The summed E-state index contributed by atoms with van der Waals surface area (Å²) in [7, 11) is 0. The van der Waals surface area contributed by atoms with Gasteiger partial charge in [-0.05, 0) is 42.5 Å². The molecule has 2 aromatic rings. The molecular weight excluding hydrogens is 313 g/mol. The predicted octanol–water partition coefficient (Wildman–Crippen LogP) is 6.13. The van der Waals surface area contributed by atoms with E-state index in [9.17, 15) is 0 Å². The fourth-order valence-electron chi connectivity index (χ4n) is 3.84. The van der Waals surface area contributed by atoms with E-state index < -0.39 is 0 Å². The van der Waals surface area contributed by atoms with E-state index in [4.69, 9.17) is 23.2 Å². The molecule has 0 unspecified atom stereocenters. The van der Waals surface area contributed by atoms with Crippen LogP contribution in [0.25, 0.3) is 0 Å². The molecule has 0 fully saturated rings. The third kappa shape index (κ3) is 2.07. The minimum Gasteiger partial charge on any atom is -0.377 e. The smallest absolute Gasteiger partial charge is 0.0568 e. The standard InChI is InChI=1S/C19H17Cl2N/c1-11-9-10-16(21)17-12-6-4-7-13(12)19(22-18(11)17)14-5-2-3-8-15(14)20/h2-6,8-10,12-13,19,22H,7H2,1H3/t12-,13+,19-/m0/s1. The Balaban J connectivity index is 1.88. The number of anilines is 1. The van der Waals surface area contributed by atoms with Gasteiger partial charge in [0.15, 0.2) is 0 Å². The number of hydrogen-bond donors (Lipinski definition) is 1. The Bertz CT molecular complexity index is 766. The summed E-state index contributed by atoms with van der Waals surface area (Å²) in [6, 6.07) is 12.4. The molecule has 22 heavy (non-hydrogen) atoms. The van der Waals surface area contributed by atoms with E-state index in [1.807, 2.05) is 18.2 Å². The summed E-state index contributed by atoms with van der Waals surface area (Å²) in [4.78, 5) is 0. The average molecular weight is 330 g/mol. The first-order valence-electron chi connectivity index (χ1n) is 7.63. The number of benzene rings is 2. The zero-order valence-corrected chi connectivity index (χ0v) is 13.8. The van der Waals surface area contributed by atoms with Crippen LogP contribution in [0.1, 0.15) is 35.1 Å². The molecule has 2 aromatic carbocycles. The SMILES string of the molecule is Cc1ccc(Cl)c2c1N[C@H](c1ccccc1Cl)[C@@H]1CC=C[C@H]21. The van der Waals surface area contributed by atoms with Crippen molar-refractivity contribution in [2.45, 2.75) is 25.3 Å². The molecule has 4 rings (SSSR count). The van der Waals surface area contributed by atoms with Crippen LogP contribution in [0.2, 0.25) is 10.0 Å². The lowest BCUT2D eigenvalue weighted by molar-refractivity contribution is 0.425. The van der Waals surface area contributed by atoms with Crippen LogP contribution in [0.3, 0.4) is 0 Å². The van der Waals surface area contributed by atoms with Gasteiger partial charge in [0.2, 0.25) is 0 Å². The lowest BCUT2D eigenvalue weighted by atomic mass is 9.76. The molecule has 1 aliphatic heterocycles. The molecule has 0 radical (unpaired) electrons. The van der Waals surface area contributed by atoms with Gasteiger partial charge in [0.1, 0.15) is 0 Å². The van der Waals surface area contributed by atoms with Gasteiger partial charge in [-0.1, -0.05) is 59.6 Å². The largest absolute Gasteiger partial charge is 0.377 e. The molecule has 0 aromatic heterocycles. The van der Waals surface area contributed by atoms with Crippen LogP contribution in [0.5, 0.6) is 0 Å². The molecule has 112 valence electrons. The quantitative estimate of drug-likeness (QED) is 0.620. The summed E-state index contributed by atoms with van der Waals surface area (Å²) >= 11 is 13.0. The second-order valence-corrected chi connectivity index (χ2v) is 6.96. The monoisotopic (exact) mass is 329 g/mol.